The molecule has 0 aliphatic carbocycles. The van der Waals surface area contributed by atoms with Gasteiger partial charge in [-0.25, -0.2) is 4.98 Å². The summed E-state index contributed by atoms with van der Waals surface area (Å²) in [5.41, 5.74) is 2.21. The number of pyridine rings is 1. The maximum Gasteiger partial charge on any atom is 0.254 e. The molecule has 0 N–H and O–H groups in total. The topological polar surface area (TPSA) is 46.3 Å². The lowest BCUT2D eigenvalue weighted by Gasteiger charge is -2.16. The number of carbonyl (C=O) groups is 1. The van der Waals surface area contributed by atoms with Crippen LogP contribution in [0.25, 0.3) is 0 Å². The van der Waals surface area contributed by atoms with E-state index in [0.29, 0.717) is 17.3 Å². The number of furan rings is 1. The van der Waals surface area contributed by atoms with Crippen molar-refractivity contribution in [1.29, 1.82) is 0 Å². The minimum absolute atomic E-state index is 0.0939. The van der Waals surface area contributed by atoms with Crippen molar-refractivity contribution >= 4 is 17.5 Å². The van der Waals surface area contributed by atoms with Gasteiger partial charge >= 0.3 is 0 Å². The molecule has 2 aromatic rings. The van der Waals surface area contributed by atoms with Gasteiger partial charge in [-0.2, -0.15) is 0 Å². The first-order valence-electron chi connectivity index (χ1n) is 5.47. The standard InChI is InChI=1S/C13H13ClN2O2/c1-9-5-11(6-12(14)15-9)13(17)16(2)7-10-3-4-18-8-10/h3-6,8H,7H2,1-2H3. The third-order valence-corrected chi connectivity index (χ3v) is 2.71. The van der Waals surface area contributed by atoms with Crippen LogP contribution in [-0.4, -0.2) is 22.8 Å². The largest absolute Gasteiger partial charge is 0.472 e. The summed E-state index contributed by atoms with van der Waals surface area (Å²) in [4.78, 5) is 17.8. The molecule has 94 valence electrons. The summed E-state index contributed by atoms with van der Waals surface area (Å²) in [6.45, 7) is 2.30. The molecule has 0 aromatic carbocycles. The van der Waals surface area contributed by atoms with Crippen molar-refractivity contribution in [2.75, 3.05) is 7.05 Å². The van der Waals surface area contributed by atoms with Gasteiger partial charge in [-0.05, 0) is 25.1 Å². The molecule has 5 heteroatoms. The number of rotatable bonds is 3. The normalized spacial score (nSPS) is 10.4. The summed E-state index contributed by atoms with van der Waals surface area (Å²) in [6.07, 6.45) is 3.20. The van der Waals surface area contributed by atoms with Crippen molar-refractivity contribution in [2.45, 2.75) is 13.5 Å². The van der Waals surface area contributed by atoms with Crippen molar-refractivity contribution in [2.24, 2.45) is 0 Å². The second kappa shape index (κ2) is 5.23. The lowest BCUT2D eigenvalue weighted by Crippen LogP contribution is -2.26. The predicted molar refractivity (Wildman–Crippen MR) is 68.5 cm³/mol. The number of aromatic nitrogens is 1. The average Bonchev–Trinajstić information content (AvgIpc) is 2.79. The van der Waals surface area contributed by atoms with E-state index in [1.807, 2.05) is 6.07 Å². The zero-order chi connectivity index (χ0) is 13.1. The smallest absolute Gasteiger partial charge is 0.254 e. The summed E-state index contributed by atoms with van der Waals surface area (Å²) >= 11 is 5.84. The predicted octanol–water partition coefficient (Wildman–Crippen LogP) is 2.91. The molecule has 2 rings (SSSR count). The Hall–Kier alpha value is -1.81. The van der Waals surface area contributed by atoms with Crippen molar-refractivity contribution < 1.29 is 9.21 Å². The van der Waals surface area contributed by atoms with E-state index in [1.54, 1.807) is 43.5 Å². The van der Waals surface area contributed by atoms with Gasteiger partial charge in [-0.1, -0.05) is 11.6 Å². The Morgan fingerprint density at radius 2 is 2.28 bits per heavy atom. The first kappa shape index (κ1) is 12.6. The Labute approximate surface area is 110 Å². The lowest BCUT2D eigenvalue weighted by molar-refractivity contribution is 0.0784. The van der Waals surface area contributed by atoms with Gasteiger partial charge in [-0.15, -0.1) is 0 Å². The number of hydrogen-bond acceptors (Lipinski definition) is 3. The molecule has 0 aliphatic heterocycles. The van der Waals surface area contributed by atoms with E-state index in [-0.39, 0.29) is 5.91 Å². The zero-order valence-electron chi connectivity index (χ0n) is 10.2. The van der Waals surface area contributed by atoms with Crippen molar-refractivity contribution in [3.05, 3.63) is 52.7 Å². The molecular weight excluding hydrogens is 252 g/mol. The fraction of sp³-hybridized carbons (Fsp3) is 0.231. The van der Waals surface area contributed by atoms with Gasteiger partial charge in [0.25, 0.3) is 5.91 Å². The van der Waals surface area contributed by atoms with Crippen molar-refractivity contribution in [1.82, 2.24) is 9.88 Å². The van der Waals surface area contributed by atoms with E-state index in [9.17, 15) is 4.79 Å². The van der Waals surface area contributed by atoms with E-state index in [0.717, 1.165) is 11.3 Å². The molecular formula is C13H13ClN2O2. The Bertz CT molecular complexity index is 532. The van der Waals surface area contributed by atoms with Gasteiger partial charge in [0.15, 0.2) is 0 Å². The van der Waals surface area contributed by atoms with E-state index in [2.05, 4.69) is 4.98 Å². The van der Waals surface area contributed by atoms with Crippen molar-refractivity contribution in [3.8, 4) is 0 Å². The average molecular weight is 265 g/mol. The van der Waals surface area contributed by atoms with Gasteiger partial charge in [0.05, 0.1) is 12.5 Å². The van der Waals surface area contributed by atoms with E-state index in [1.165, 1.54) is 0 Å². The molecule has 2 heterocycles. The van der Waals surface area contributed by atoms with E-state index < -0.39 is 0 Å². The van der Waals surface area contributed by atoms with Crippen LogP contribution < -0.4 is 0 Å². The van der Waals surface area contributed by atoms with Crippen LogP contribution in [0, 0.1) is 6.92 Å². The third kappa shape index (κ3) is 2.90. The highest BCUT2D eigenvalue weighted by molar-refractivity contribution is 6.29. The fourth-order valence-electron chi connectivity index (χ4n) is 1.70. The molecule has 0 radical (unpaired) electrons. The number of amides is 1. The number of carbonyl (C=O) groups excluding carboxylic acids is 1. The minimum atomic E-state index is -0.0939. The van der Waals surface area contributed by atoms with Crippen LogP contribution in [-0.2, 0) is 6.54 Å². The molecule has 2 aromatic heterocycles. The molecule has 0 saturated carbocycles. The lowest BCUT2D eigenvalue weighted by atomic mass is 10.2. The second-order valence-electron chi connectivity index (χ2n) is 4.11. The van der Waals surface area contributed by atoms with E-state index >= 15 is 0 Å². The highest BCUT2D eigenvalue weighted by atomic mass is 35.5. The first-order valence-corrected chi connectivity index (χ1v) is 5.85. The number of aryl methyl sites for hydroxylation is 1. The molecule has 1 amide bonds. The maximum absolute atomic E-state index is 12.2. The minimum Gasteiger partial charge on any atom is -0.472 e. The summed E-state index contributed by atoms with van der Waals surface area (Å²) in [5, 5.41) is 0.329. The highest BCUT2D eigenvalue weighted by Crippen LogP contribution is 2.13. The van der Waals surface area contributed by atoms with Crippen LogP contribution in [0.4, 0.5) is 0 Å². The second-order valence-corrected chi connectivity index (χ2v) is 4.50. The Balaban J connectivity index is 2.15. The molecule has 0 aliphatic rings. The molecule has 0 unspecified atom stereocenters. The quantitative estimate of drug-likeness (QED) is 0.801. The summed E-state index contributed by atoms with van der Waals surface area (Å²) in [7, 11) is 1.74. The monoisotopic (exact) mass is 264 g/mol. The highest BCUT2D eigenvalue weighted by Gasteiger charge is 2.13. The SMILES string of the molecule is Cc1cc(C(=O)N(C)Cc2ccoc2)cc(Cl)n1. The molecule has 0 saturated heterocycles. The zero-order valence-corrected chi connectivity index (χ0v) is 10.9. The van der Waals surface area contributed by atoms with Crippen LogP contribution in [0.5, 0.6) is 0 Å². The first-order chi connectivity index (χ1) is 8.56. The van der Waals surface area contributed by atoms with Gasteiger partial charge < -0.3 is 9.32 Å². The van der Waals surface area contributed by atoms with Crippen LogP contribution in [0.2, 0.25) is 5.15 Å². The summed E-state index contributed by atoms with van der Waals surface area (Å²) in [6, 6.07) is 5.12. The molecule has 0 spiro atoms. The van der Waals surface area contributed by atoms with Crippen LogP contribution in [0.3, 0.4) is 0 Å². The Kier molecular flexibility index (Phi) is 3.67. The van der Waals surface area contributed by atoms with E-state index in [4.69, 9.17) is 16.0 Å². The molecule has 0 bridgehead atoms. The number of hydrogen-bond donors (Lipinski definition) is 0. The Morgan fingerprint density at radius 1 is 1.50 bits per heavy atom. The molecule has 18 heavy (non-hydrogen) atoms. The van der Waals surface area contributed by atoms with Crippen LogP contribution in [0.15, 0.2) is 35.1 Å². The van der Waals surface area contributed by atoms with Gasteiger partial charge in [-0.3, -0.25) is 4.79 Å². The summed E-state index contributed by atoms with van der Waals surface area (Å²) in [5.74, 6) is -0.0939. The van der Waals surface area contributed by atoms with Gasteiger partial charge in [0.1, 0.15) is 5.15 Å². The molecule has 0 fully saturated rings. The van der Waals surface area contributed by atoms with Gasteiger partial charge in [0, 0.05) is 30.4 Å². The van der Waals surface area contributed by atoms with Gasteiger partial charge in [0.2, 0.25) is 0 Å². The summed E-state index contributed by atoms with van der Waals surface area (Å²) < 4.78 is 4.97. The molecule has 4 nitrogen and oxygen atoms in total. The Morgan fingerprint density at radius 3 is 2.89 bits per heavy atom. The third-order valence-electron chi connectivity index (χ3n) is 2.52. The molecule has 0 atom stereocenters. The van der Waals surface area contributed by atoms with Crippen LogP contribution >= 0.6 is 11.6 Å². The number of nitrogens with zero attached hydrogens (tertiary/aromatic N) is 2. The fourth-order valence-corrected chi connectivity index (χ4v) is 1.95. The van der Waals surface area contributed by atoms with Crippen molar-refractivity contribution in [3.63, 3.8) is 0 Å². The number of halogens is 1. The maximum atomic E-state index is 12.2. The van der Waals surface area contributed by atoms with Crippen LogP contribution in [0.1, 0.15) is 21.6 Å².